The summed E-state index contributed by atoms with van der Waals surface area (Å²) >= 11 is 0. The minimum atomic E-state index is -0.431. The van der Waals surface area contributed by atoms with Crippen molar-refractivity contribution in [1.82, 2.24) is 0 Å². The third kappa shape index (κ3) is 7.22. The monoisotopic (exact) mass is 552 g/mol. The quantitative estimate of drug-likeness (QED) is 0.230. The van der Waals surface area contributed by atoms with Crippen LogP contribution in [0.15, 0.2) is 24.3 Å². The summed E-state index contributed by atoms with van der Waals surface area (Å²) in [5.41, 5.74) is 8.60. The van der Waals surface area contributed by atoms with Crippen LogP contribution >= 0.6 is 7.92 Å². The van der Waals surface area contributed by atoms with Gasteiger partial charge in [0.2, 0.25) is 0 Å². The van der Waals surface area contributed by atoms with Gasteiger partial charge in [-0.15, -0.1) is 0 Å². The van der Waals surface area contributed by atoms with E-state index in [0.717, 1.165) is 22.8 Å². The van der Waals surface area contributed by atoms with Gasteiger partial charge in [0.1, 0.15) is 11.5 Å². The van der Waals surface area contributed by atoms with Crippen molar-refractivity contribution in [3.8, 4) is 22.6 Å². The van der Waals surface area contributed by atoms with Crippen LogP contribution < -0.4 is 14.8 Å². The highest BCUT2D eigenvalue weighted by Crippen LogP contribution is 2.58. The van der Waals surface area contributed by atoms with E-state index < -0.39 is 7.92 Å². The van der Waals surface area contributed by atoms with Crippen LogP contribution in [0.3, 0.4) is 0 Å². The standard InChI is InChI=1S/C36H57O2P/c1-11-16-28(17-12-2)39(29-18-14-13-15-19-29)36-33(38-10)21-20-32(37-9)35(36)34-30(25(5)6)22-27(24(3)4)23-31(34)26(7)8/h20-26,28-29H,11-19H2,1-10H3. The molecule has 0 heterocycles. The highest BCUT2D eigenvalue weighted by molar-refractivity contribution is 7.67. The summed E-state index contributed by atoms with van der Waals surface area (Å²) in [6, 6.07) is 9.37. The molecule has 0 saturated heterocycles. The number of methoxy groups -OCH3 is 2. The largest absolute Gasteiger partial charge is 0.496 e. The first-order valence-corrected chi connectivity index (χ1v) is 17.4. The Hall–Kier alpha value is -1.53. The minimum absolute atomic E-state index is 0.419. The maximum absolute atomic E-state index is 6.31. The molecule has 1 aliphatic rings. The molecule has 3 rings (SSSR count). The topological polar surface area (TPSA) is 18.5 Å². The highest BCUT2D eigenvalue weighted by atomic mass is 31.1. The van der Waals surface area contributed by atoms with Crippen LogP contribution in [0, 0.1) is 0 Å². The zero-order chi connectivity index (χ0) is 28.7. The lowest BCUT2D eigenvalue weighted by atomic mass is 9.81. The molecule has 0 bridgehead atoms. The summed E-state index contributed by atoms with van der Waals surface area (Å²) in [5, 5.41) is 1.49. The molecule has 0 spiro atoms. The molecule has 1 atom stereocenters. The number of hydrogen-bond acceptors (Lipinski definition) is 2. The van der Waals surface area contributed by atoms with Gasteiger partial charge in [-0.25, -0.2) is 0 Å². The Balaban J connectivity index is 2.50. The van der Waals surface area contributed by atoms with Gasteiger partial charge in [-0.1, -0.05) is 108 Å². The van der Waals surface area contributed by atoms with Crippen molar-refractivity contribution in [2.75, 3.05) is 14.2 Å². The molecule has 1 saturated carbocycles. The van der Waals surface area contributed by atoms with Crippen LogP contribution in [0.2, 0.25) is 0 Å². The molecule has 0 radical (unpaired) electrons. The van der Waals surface area contributed by atoms with Crippen LogP contribution in [-0.2, 0) is 0 Å². The van der Waals surface area contributed by atoms with Gasteiger partial charge in [-0.05, 0) is 89.1 Å². The smallest absolute Gasteiger partial charge is 0.127 e. The third-order valence-corrected chi connectivity index (χ3v) is 12.4. The van der Waals surface area contributed by atoms with Gasteiger partial charge < -0.3 is 9.47 Å². The molecule has 2 aromatic rings. The number of benzene rings is 2. The fourth-order valence-corrected chi connectivity index (χ4v) is 11.0. The van der Waals surface area contributed by atoms with Crippen LogP contribution in [0.1, 0.15) is 148 Å². The normalized spacial score (nSPS) is 15.5. The molecule has 0 amide bonds. The average Bonchev–Trinajstić information content (AvgIpc) is 2.92. The zero-order valence-corrected chi connectivity index (χ0v) is 27.7. The molecule has 0 aliphatic heterocycles. The van der Waals surface area contributed by atoms with Gasteiger partial charge >= 0.3 is 0 Å². The Morgan fingerprint density at radius 2 is 1.23 bits per heavy atom. The summed E-state index contributed by atoms with van der Waals surface area (Å²) < 4.78 is 12.6. The van der Waals surface area contributed by atoms with Crippen LogP contribution in [-0.4, -0.2) is 25.5 Å². The zero-order valence-electron chi connectivity index (χ0n) is 26.8. The SMILES string of the molecule is CCCC(CCC)P(c1c(OC)ccc(OC)c1-c1c(C(C)C)cc(C(C)C)cc1C(C)C)C1CCCCC1. The van der Waals surface area contributed by atoms with E-state index in [-0.39, 0.29) is 0 Å². The van der Waals surface area contributed by atoms with E-state index in [1.54, 1.807) is 0 Å². The molecular formula is C36H57O2P. The van der Waals surface area contributed by atoms with E-state index >= 15 is 0 Å². The Morgan fingerprint density at radius 3 is 1.67 bits per heavy atom. The van der Waals surface area contributed by atoms with Crippen molar-refractivity contribution in [2.45, 2.75) is 142 Å². The van der Waals surface area contributed by atoms with Crippen molar-refractivity contribution in [2.24, 2.45) is 0 Å². The summed E-state index contributed by atoms with van der Waals surface area (Å²) in [5.74, 6) is 3.43. The molecular weight excluding hydrogens is 495 g/mol. The second kappa shape index (κ2) is 14.9. The molecule has 1 unspecified atom stereocenters. The fourth-order valence-electron chi connectivity index (χ4n) is 6.74. The Bertz CT molecular complexity index is 1010. The minimum Gasteiger partial charge on any atom is -0.496 e. The first-order valence-electron chi connectivity index (χ1n) is 15.9. The first kappa shape index (κ1) is 32.0. The molecule has 2 aromatic carbocycles. The average molecular weight is 553 g/mol. The molecule has 1 aliphatic carbocycles. The third-order valence-electron chi connectivity index (χ3n) is 8.79. The van der Waals surface area contributed by atoms with Gasteiger partial charge in [0, 0.05) is 10.9 Å². The second-order valence-electron chi connectivity index (χ2n) is 12.7. The number of ether oxygens (including phenoxy) is 2. The molecule has 39 heavy (non-hydrogen) atoms. The van der Waals surface area contributed by atoms with Gasteiger partial charge in [0.15, 0.2) is 0 Å². The summed E-state index contributed by atoms with van der Waals surface area (Å²) in [7, 11) is 3.31. The predicted octanol–water partition coefficient (Wildman–Crippen LogP) is 11.1. The Labute approximate surface area is 242 Å². The molecule has 0 aromatic heterocycles. The van der Waals surface area contributed by atoms with Crippen molar-refractivity contribution in [3.05, 3.63) is 41.0 Å². The van der Waals surface area contributed by atoms with Gasteiger partial charge in [-0.2, -0.15) is 0 Å². The molecule has 0 N–H and O–H groups in total. The van der Waals surface area contributed by atoms with E-state index in [1.165, 1.54) is 90.9 Å². The van der Waals surface area contributed by atoms with Crippen molar-refractivity contribution in [3.63, 3.8) is 0 Å². The molecule has 3 heteroatoms. The van der Waals surface area contributed by atoms with E-state index in [9.17, 15) is 0 Å². The number of hydrogen-bond donors (Lipinski definition) is 0. The Morgan fingerprint density at radius 1 is 0.718 bits per heavy atom. The van der Waals surface area contributed by atoms with Crippen molar-refractivity contribution < 1.29 is 9.47 Å². The lowest BCUT2D eigenvalue weighted by molar-refractivity contribution is 0.407. The van der Waals surface area contributed by atoms with Gasteiger partial charge in [0.05, 0.1) is 14.2 Å². The van der Waals surface area contributed by atoms with Crippen LogP contribution in [0.4, 0.5) is 0 Å². The molecule has 1 fully saturated rings. The predicted molar refractivity (Wildman–Crippen MR) is 174 cm³/mol. The lowest BCUT2D eigenvalue weighted by Gasteiger charge is -2.39. The van der Waals surface area contributed by atoms with Crippen molar-refractivity contribution >= 4 is 13.2 Å². The fraction of sp³-hybridized carbons (Fsp3) is 0.667. The summed E-state index contributed by atoms with van der Waals surface area (Å²) in [4.78, 5) is 0. The van der Waals surface area contributed by atoms with Crippen LogP contribution in [0.25, 0.3) is 11.1 Å². The molecule has 218 valence electrons. The van der Waals surface area contributed by atoms with E-state index in [0.29, 0.717) is 17.8 Å². The first-order chi connectivity index (χ1) is 18.7. The van der Waals surface area contributed by atoms with Crippen molar-refractivity contribution in [1.29, 1.82) is 0 Å². The maximum Gasteiger partial charge on any atom is 0.127 e. The van der Waals surface area contributed by atoms with E-state index in [1.807, 2.05) is 14.2 Å². The molecule has 2 nitrogen and oxygen atoms in total. The maximum atomic E-state index is 6.31. The number of rotatable bonds is 13. The Kier molecular flexibility index (Phi) is 12.2. The van der Waals surface area contributed by atoms with E-state index in [4.69, 9.17) is 9.47 Å². The summed E-state index contributed by atoms with van der Waals surface area (Å²) in [6.07, 6.45) is 11.9. The van der Waals surface area contributed by atoms with Gasteiger partial charge in [-0.3, -0.25) is 0 Å². The lowest BCUT2D eigenvalue weighted by Crippen LogP contribution is -2.27. The van der Waals surface area contributed by atoms with Gasteiger partial charge in [0.25, 0.3) is 0 Å². The second-order valence-corrected chi connectivity index (χ2v) is 15.4. The van der Waals surface area contributed by atoms with E-state index in [2.05, 4.69) is 79.7 Å². The highest BCUT2D eigenvalue weighted by Gasteiger charge is 2.37. The van der Waals surface area contributed by atoms with Crippen LogP contribution in [0.5, 0.6) is 11.5 Å². The summed E-state index contributed by atoms with van der Waals surface area (Å²) in [6.45, 7) is 18.8.